The third-order valence-electron chi connectivity index (χ3n) is 2.75. The zero-order valence-corrected chi connectivity index (χ0v) is 9.25. The van der Waals surface area contributed by atoms with E-state index < -0.39 is 0 Å². The fourth-order valence-electron chi connectivity index (χ4n) is 1.53. The molecule has 0 heterocycles. The molecule has 0 amide bonds. The van der Waals surface area contributed by atoms with E-state index in [4.69, 9.17) is 4.74 Å². The molecule has 1 saturated carbocycles. The molecule has 1 aromatic carbocycles. The van der Waals surface area contributed by atoms with E-state index in [1.165, 1.54) is 0 Å². The summed E-state index contributed by atoms with van der Waals surface area (Å²) in [6, 6.07) is 6.05. The Balaban J connectivity index is 1.97. The molecular formula is C13H16O2. The van der Waals surface area contributed by atoms with E-state index in [1.54, 1.807) is 0 Å². The van der Waals surface area contributed by atoms with Crippen LogP contribution in [0.1, 0.15) is 24.0 Å². The van der Waals surface area contributed by atoms with Crippen LogP contribution in [0.2, 0.25) is 0 Å². The molecule has 1 aromatic rings. The van der Waals surface area contributed by atoms with Crippen LogP contribution < -0.4 is 4.74 Å². The minimum Gasteiger partial charge on any atom is -0.486 e. The van der Waals surface area contributed by atoms with Crippen molar-refractivity contribution in [3.05, 3.63) is 29.3 Å². The van der Waals surface area contributed by atoms with E-state index in [0.29, 0.717) is 0 Å². The van der Waals surface area contributed by atoms with Crippen LogP contribution in [0.15, 0.2) is 18.2 Å². The molecule has 2 nitrogen and oxygen atoms in total. The summed E-state index contributed by atoms with van der Waals surface area (Å²) < 4.78 is 5.53. The van der Waals surface area contributed by atoms with Crippen molar-refractivity contribution in [1.82, 2.24) is 0 Å². The van der Waals surface area contributed by atoms with Gasteiger partial charge in [0.1, 0.15) is 12.4 Å². The van der Waals surface area contributed by atoms with Gasteiger partial charge in [0.2, 0.25) is 0 Å². The second-order valence-electron chi connectivity index (χ2n) is 4.30. The average Bonchev–Trinajstić information content (AvgIpc) is 3.02. The van der Waals surface area contributed by atoms with Crippen molar-refractivity contribution in [3.8, 4) is 5.75 Å². The predicted molar refractivity (Wildman–Crippen MR) is 59.1 cm³/mol. The summed E-state index contributed by atoms with van der Waals surface area (Å²) in [5, 5.41) is 0. The molecule has 1 aliphatic rings. The van der Waals surface area contributed by atoms with Crippen LogP contribution in [0.4, 0.5) is 0 Å². The van der Waals surface area contributed by atoms with Gasteiger partial charge in [0.05, 0.1) is 0 Å². The molecule has 0 atom stereocenters. The van der Waals surface area contributed by atoms with E-state index in [0.717, 1.165) is 29.7 Å². The highest BCUT2D eigenvalue weighted by Crippen LogP contribution is 2.30. The van der Waals surface area contributed by atoms with E-state index in [-0.39, 0.29) is 18.3 Å². The SMILES string of the molecule is Cc1ccc(C)c(OCC(=O)C2CC2)c1. The standard InChI is InChI=1S/C13H16O2/c1-9-3-4-10(2)13(7-9)15-8-12(14)11-5-6-11/h3-4,7,11H,5-6,8H2,1-2H3. The zero-order chi connectivity index (χ0) is 10.8. The Bertz CT molecular complexity index is 378. The number of ether oxygens (including phenoxy) is 1. The summed E-state index contributed by atoms with van der Waals surface area (Å²) in [7, 11) is 0. The number of ketones is 1. The maximum Gasteiger partial charge on any atom is 0.173 e. The Kier molecular flexibility index (Phi) is 2.76. The molecule has 0 aliphatic heterocycles. The Labute approximate surface area is 90.3 Å². The number of benzene rings is 1. The Hall–Kier alpha value is -1.31. The van der Waals surface area contributed by atoms with Gasteiger partial charge in [0.25, 0.3) is 0 Å². The number of carbonyl (C=O) groups is 1. The number of Topliss-reactive ketones (excluding diaryl/α,β-unsaturated/α-hetero) is 1. The highest BCUT2D eigenvalue weighted by Gasteiger charge is 2.29. The van der Waals surface area contributed by atoms with Gasteiger partial charge < -0.3 is 4.74 Å². The molecule has 15 heavy (non-hydrogen) atoms. The molecule has 2 heteroatoms. The molecule has 0 N–H and O–H groups in total. The summed E-state index contributed by atoms with van der Waals surface area (Å²) in [6.07, 6.45) is 2.10. The molecule has 2 rings (SSSR count). The number of hydrogen-bond acceptors (Lipinski definition) is 2. The average molecular weight is 204 g/mol. The van der Waals surface area contributed by atoms with E-state index in [2.05, 4.69) is 0 Å². The second kappa shape index (κ2) is 4.05. The third kappa shape index (κ3) is 2.58. The summed E-state index contributed by atoms with van der Waals surface area (Å²) in [6.45, 7) is 4.25. The minimum absolute atomic E-state index is 0.231. The van der Waals surface area contributed by atoms with Crippen LogP contribution in [0.3, 0.4) is 0 Å². The van der Waals surface area contributed by atoms with Crippen LogP contribution in [-0.2, 0) is 4.79 Å². The first kappa shape index (κ1) is 10.2. The van der Waals surface area contributed by atoms with E-state index >= 15 is 0 Å². The number of aryl methyl sites for hydroxylation is 2. The highest BCUT2D eigenvalue weighted by atomic mass is 16.5. The smallest absolute Gasteiger partial charge is 0.173 e. The second-order valence-corrected chi connectivity index (χ2v) is 4.30. The maximum absolute atomic E-state index is 11.4. The quantitative estimate of drug-likeness (QED) is 0.753. The molecule has 0 radical (unpaired) electrons. The van der Waals surface area contributed by atoms with Crippen LogP contribution >= 0.6 is 0 Å². The van der Waals surface area contributed by atoms with Gasteiger partial charge in [-0.2, -0.15) is 0 Å². The summed E-state index contributed by atoms with van der Waals surface area (Å²) in [4.78, 5) is 11.4. The van der Waals surface area contributed by atoms with Gasteiger partial charge in [-0.25, -0.2) is 0 Å². The van der Waals surface area contributed by atoms with Gasteiger partial charge in [-0.05, 0) is 43.9 Å². The zero-order valence-electron chi connectivity index (χ0n) is 9.25. The number of rotatable bonds is 4. The topological polar surface area (TPSA) is 26.3 Å². The summed E-state index contributed by atoms with van der Waals surface area (Å²) in [5.41, 5.74) is 2.25. The van der Waals surface area contributed by atoms with Crippen molar-refractivity contribution in [3.63, 3.8) is 0 Å². The van der Waals surface area contributed by atoms with Crippen LogP contribution in [0, 0.1) is 19.8 Å². The lowest BCUT2D eigenvalue weighted by Gasteiger charge is -2.08. The van der Waals surface area contributed by atoms with Crippen molar-refractivity contribution in [2.45, 2.75) is 26.7 Å². The van der Waals surface area contributed by atoms with Crippen molar-refractivity contribution >= 4 is 5.78 Å². The molecule has 1 aliphatic carbocycles. The van der Waals surface area contributed by atoms with Crippen LogP contribution in [0.25, 0.3) is 0 Å². The van der Waals surface area contributed by atoms with Gasteiger partial charge in [-0.15, -0.1) is 0 Å². The monoisotopic (exact) mass is 204 g/mol. The Morgan fingerprint density at radius 3 is 2.80 bits per heavy atom. The van der Waals surface area contributed by atoms with Crippen molar-refractivity contribution in [1.29, 1.82) is 0 Å². The molecule has 80 valence electrons. The van der Waals surface area contributed by atoms with Gasteiger partial charge >= 0.3 is 0 Å². The largest absolute Gasteiger partial charge is 0.486 e. The summed E-state index contributed by atoms with van der Waals surface area (Å²) in [5.74, 6) is 1.37. The molecule has 0 saturated heterocycles. The van der Waals surface area contributed by atoms with Crippen molar-refractivity contribution < 1.29 is 9.53 Å². The maximum atomic E-state index is 11.4. The van der Waals surface area contributed by atoms with Gasteiger partial charge in [0, 0.05) is 5.92 Å². The first-order valence-corrected chi connectivity index (χ1v) is 5.39. The lowest BCUT2D eigenvalue weighted by molar-refractivity contribution is -0.122. The predicted octanol–water partition coefficient (Wildman–Crippen LogP) is 2.66. The molecule has 1 fully saturated rings. The lowest BCUT2D eigenvalue weighted by atomic mass is 10.1. The fourth-order valence-corrected chi connectivity index (χ4v) is 1.53. The lowest BCUT2D eigenvalue weighted by Crippen LogP contribution is -2.13. The van der Waals surface area contributed by atoms with Crippen LogP contribution in [-0.4, -0.2) is 12.4 Å². The van der Waals surface area contributed by atoms with Gasteiger partial charge in [0.15, 0.2) is 5.78 Å². The fraction of sp³-hybridized carbons (Fsp3) is 0.462. The highest BCUT2D eigenvalue weighted by molar-refractivity contribution is 5.84. The molecule has 0 bridgehead atoms. The number of carbonyl (C=O) groups excluding carboxylic acids is 1. The van der Waals surface area contributed by atoms with Gasteiger partial charge in [-0.1, -0.05) is 12.1 Å². The van der Waals surface area contributed by atoms with E-state index in [1.807, 2.05) is 32.0 Å². The number of hydrogen-bond donors (Lipinski definition) is 0. The van der Waals surface area contributed by atoms with E-state index in [9.17, 15) is 4.79 Å². The Morgan fingerprint density at radius 1 is 1.40 bits per heavy atom. The van der Waals surface area contributed by atoms with Crippen molar-refractivity contribution in [2.75, 3.05) is 6.61 Å². The third-order valence-corrected chi connectivity index (χ3v) is 2.75. The molecular weight excluding hydrogens is 188 g/mol. The minimum atomic E-state index is 0.231. The molecule has 0 spiro atoms. The first-order chi connectivity index (χ1) is 7.16. The molecule has 0 unspecified atom stereocenters. The van der Waals surface area contributed by atoms with Gasteiger partial charge in [-0.3, -0.25) is 4.79 Å². The van der Waals surface area contributed by atoms with Crippen molar-refractivity contribution in [2.24, 2.45) is 5.92 Å². The summed E-state index contributed by atoms with van der Waals surface area (Å²) >= 11 is 0. The molecule has 0 aromatic heterocycles. The normalized spacial score (nSPS) is 15.1. The first-order valence-electron chi connectivity index (χ1n) is 5.39. The Morgan fingerprint density at radius 2 is 2.13 bits per heavy atom. The van der Waals surface area contributed by atoms with Crippen LogP contribution in [0.5, 0.6) is 5.75 Å².